The molecule has 0 spiro atoms. The Balaban J connectivity index is 2.57. The first-order chi connectivity index (χ1) is 9.92. The molecule has 0 atom stereocenters. The second-order valence-electron chi connectivity index (χ2n) is 5.29. The first-order valence-electron chi connectivity index (χ1n) is 7.19. The highest BCUT2D eigenvalue weighted by Gasteiger charge is 2.10. The van der Waals surface area contributed by atoms with Crippen LogP contribution in [-0.2, 0) is 4.79 Å². The van der Waals surface area contributed by atoms with Crippen LogP contribution >= 0.6 is 0 Å². The van der Waals surface area contributed by atoms with E-state index in [1.165, 1.54) is 0 Å². The molecule has 6 heteroatoms. The number of carbonyl (C=O) groups excluding carboxylic acids is 2. The SMILES string of the molecule is CCNc1cc(C(=O)NCC(=O)NCC(C)C)cc(C)n1. The molecule has 0 unspecified atom stereocenters. The summed E-state index contributed by atoms with van der Waals surface area (Å²) in [6.45, 7) is 9.13. The second-order valence-corrected chi connectivity index (χ2v) is 5.29. The molecule has 0 aliphatic heterocycles. The Hall–Kier alpha value is -2.11. The summed E-state index contributed by atoms with van der Waals surface area (Å²) in [5.74, 6) is 0.580. The van der Waals surface area contributed by atoms with Crippen LogP contribution in [0.25, 0.3) is 0 Å². The molecule has 2 amide bonds. The van der Waals surface area contributed by atoms with Gasteiger partial charge in [-0.2, -0.15) is 0 Å². The van der Waals surface area contributed by atoms with Gasteiger partial charge >= 0.3 is 0 Å². The number of pyridine rings is 1. The van der Waals surface area contributed by atoms with Gasteiger partial charge in [-0.05, 0) is 31.9 Å². The fraction of sp³-hybridized carbons (Fsp3) is 0.533. The van der Waals surface area contributed by atoms with Gasteiger partial charge in [-0.25, -0.2) is 4.98 Å². The average Bonchev–Trinajstić information content (AvgIpc) is 2.42. The van der Waals surface area contributed by atoms with Crippen LogP contribution in [0.5, 0.6) is 0 Å². The summed E-state index contributed by atoms with van der Waals surface area (Å²) >= 11 is 0. The summed E-state index contributed by atoms with van der Waals surface area (Å²) in [7, 11) is 0. The number of anilines is 1. The predicted molar refractivity (Wildman–Crippen MR) is 83.3 cm³/mol. The second kappa shape index (κ2) is 8.24. The molecule has 0 saturated carbocycles. The van der Waals surface area contributed by atoms with Crippen LogP contribution in [0.3, 0.4) is 0 Å². The van der Waals surface area contributed by atoms with E-state index >= 15 is 0 Å². The van der Waals surface area contributed by atoms with Crippen molar-refractivity contribution in [3.8, 4) is 0 Å². The molecule has 0 bridgehead atoms. The van der Waals surface area contributed by atoms with Crippen LogP contribution in [-0.4, -0.2) is 36.4 Å². The molecular formula is C15H24N4O2. The molecule has 0 radical (unpaired) electrons. The summed E-state index contributed by atoms with van der Waals surface area (Å²) < 4.78 is 0. The number of rotatable bonds is 7. The summed E-state index contributed by atoms with van der Waals surface area (Å²) in [4.78, 5) is 27.9. The molecule has 0 aliphatic rings. The summed E-state index contributed by atoms with van der Waals surface area (Å²) in [6, 6.07) is 3.38. The van der Waals surface area contributed by atoms with Gasteiger partial charge in [0.15, 0.2) is 0 Å². The molecule has 1 aromatic heterocycles. The molecule has 1 heterocycles. The quantitative estimate of drug-likeness (QED) is 0.708. The van der Waals surface area contributed by atoms with E-state index in [0.29, 0.717) is 23.8 Å². The third kappa shape index (κ3) is 6.25. The zero-order valence-electron chi connectivity index (χ0n) is 13.1. The zero-order chi connectivity index (χ0) is 15.8. The van der Waals surface area contributed by atoms with Crippen molar-refractivity contribution < 1.29 is 9.59 Å². The summed E-state index contributed by atoms with van der Waals surface area (Å²) in [5, 5.41) is 8.44. The zero-order valence-corrected chi connectivity index (χ0v) is 13.1. The van der Waals surface area contributed by atoms with Crippen molar-refractivity contribution in [1.82, 2.24) is 15.6 Å². The lowest BCUT2D eigenvalue weighted by molar-refractivity contribution is -0.120. The van der Waals surface area contributed by atoms with Crippen molar-refractivity contribution in [2.75, 3.05) is 25.0 Å². The highest BCUT2D eigenvalue weighted by molar-refractivity contribution is 5.97. The lowest BCUT2D eigenvalue weighted by Gasteiger charge is -2.10. The van der Waals surface area contributed by atoms with Crippen molar-refractivity contribution in [3.63, 3.8) is 0 Å². The van der Waals surface area contributed by atoms with Crippen molar-refractivity contribution in [2.24, 2.45) is 5.92 Å². The smallest absolute Gasteiger partial charge is 0.251 e. The van der Waals surface area contributed by atoms with Crippen LogP contribution < -0.4 is 16.0 Å². The van der Waals surface area contributed by atoms with Gasteiger partial charge in [-0.1, -0.05) is 13.8 Å². The molecule has 0 saturated heterocycles. The van der Waals surface area contributed by atoms with Gasteiger partial charge < -0.3 is 16.0 Å². The number of amides is 2. The Labute approximate surface area is 125 Å². The third-order valence-electron chi connectivity index (χ3n) is 2.69. The van der Waals surface area contributed by atoms with Gasteiger partial charge in [0.2, 0.25) is 5.91 Å². The Kier molecular flexibility index (Phi) is 6.65. The van der Waals surface area contributed by atoms with Crippen LogP contribution in [0.15, 0.2) is 12.1 Å². The van der Waals surface area contributed by atoms with Gasteiger partial charge in [0.05, 0.1) is 6.54 Å². The molecule has 116 valence electrons. The fourth-order valence-electron chi connectivity index (χ4n) is 1.71. The number of aromatic nitrogens is 1. The maximum Gasteiger partial charge on any atom is 0.251 e. The van der Waals surface area contributed by atoms with Crippen LogP contribution in [0.4, 0.5) is 5.82 Å². The Bertz CT molecular complexity index is 500. The predicted octanol–water partition coefficient (Wildman–Crippen LogP) is 1.32. The van der Waals surface area contributed by atoms with Crippen LogP contribution in [0.1, 0.15) is 36.8 Å². The number of hydrogen-bond acceptors (Lipinski definition) is 4. The molecule has 21 heavy (non-hydrogen) atoms. The maximum atomic E-state index is 12.0. The van der Waals surface area contributed by atoms with E-state index in [0.717, 1.165) is 12.2 Å². The van der Waals surface area contributed by atoms with Gasteiger partial charge in [-0.3, -0.25) is 9.59 Å². The van der Waals surface area contributed by atoms with E-state index in [-0.39, 0.29) is 18.4 Å². The van der Waals surface area contributed by atoms with E-state index in [2.05, 4.69) is 20.9 Å². The first-order valence-corrected chi connectivity index (χ1v) is 7.19. The number of nitrogens with zero attached hydrogens (tertiary/aromatic N) is 1. The molecule has 0 aromatic carbocycles. The molecule has 1 rings (SSSR count). The van der Waals surface area contributed by atoms with Crippen molar-refractivity contribution in [2.45, 2.75) is 27.7 Å². The molecule has 0 fully saturated rings. The molecule has 6 nitrogen and oxygen atoms in total. The highest BCUT2D eigenvalue weighted by Crippen LogP contribution is 2.09. The monoisotopic (exact) mass is 292 g/mol. The lowest BCUT2D eigenvalue weighted by Crippen LogP contribution is -2.38. The Morgan fingerprint density at radius 1 is 1.24 bits per heavy atom. The van der Waals surface area contributed by atoms with E-state index in [4.69, 9.17) is 0 Å². The van der Waals surface area contributed by atoms with E-state index in [1.54, 1.807) is 12.1 Å². The van der Waals surface area contributed by atoms with Crippen molar-refractivity contribution in [3.05, 3.63) is 23.4 Å². The third-order valence-corrected chi connectivity index (χ3v) is 2.69. The Morgan fingerprint density at radius 2 is 1.95 bits per heavy atom. The molecular weight excluding hydrogens is 268 g/mol. The molecule has 0 aliphatic carbocycles. The summed E-state index contributed by atoms with van der Waals surface area (Å²) in [6.07, 6.45) is 0. The van der Waals surface area contributed by atoms with Gasteiger partial charge in [-0.15, -0.1) is 0 Å². The van der Waals surface area contributed by atoms with E-state index in [1.807, 2.05) is 27.7 Å². The lowest BCUT2D eigenvalue weighted by atomic mass is 10.2. The highest BCUT2D eigenvalue weighted by atomic mass is 16.2. The maximum absolute atomic E-state index is 12.0. The minimum Gasteiger partial charge on any atom is -0.370 e. The number of carbonyl (C=O) groups is 2. The van der Waals surface area contributed by atoms with Gasteiger partial charge in [0, 0.05) is 24.3 Å². The molecule has 1 aromatic rings. The summed E-state index contributed by atoms with van der Waals surface area (Å²) in [5.41, 5.74) is 1.25. The standard InChI is InChI=1S/C15H24N4O2/c1-5-16-13-7-12(6-11(4)19-13)15(21)18-9-14(20)17-8-10(2)3/h6-7,10H,5,8-9H2,1-4H3,(H,16,19)(H,17,20)(H,18,21). The van der Waals surface area contributed by atoms with Crippen molar-refractivity contribution >= 4 is 17.6 Å². The van der Waals surface area contributed by atoms with Gasteiger partial charge in [0.25, 0.3) is 5.91 Å². The largest absolute Gasteiger partial charge is 0.370 e. The average molecular weight is 292 g/mol. The van der Waals surface area contributed by atoms with Crippen LogP contribution in [0.2, 0.25) is 0 Å². The van der Waals surface area contributed by atoms with Crippen LogP contribution in [0, 0.1) is 12.8 Å². The first kappa shape index (κ1) is 16.9. The Morgan fingerprint density at radius 3 is 2.57 bits per heavy atom. The topological polar surface area (TPSA) is 83.1 Å². The van der Waals surface area contributed by atoms with Crippen molar-refractivity contribution in [1.29, 1.82) is 0 Å². The minimum absolute atomic E-state index is 0.0243. The van der Waals surface area contributed by atoms with E-state index in [9.17, 15) is 9.59 Å². The van der Waals surface area contributed by atoms with Gasteiger partial charge in [0.1, 0.15) is 5.82 Å². The normalized spacial score (nSPS) is 10.3. The number of hydrogen-bond donors (Lipinski definition) is 3. The number of nitrogens with one attached hydrogen (secondary N) is 3. The number of aryl methyl sites for hydroxylation is 1. The van der Waals surface area contributed by atoms with E-state index < -0.39 is 0 Å². The fourth-order valence-corrected chi connectivity index (χ4v) is 1.71. The minimum atomic E-state index is -0.278. The molecule has 3 N–H and O–H groups in total.